The Labute approximate surface area is 187 Å². The van der Waals surface area contributed by atoms with Crippen LogP contribution < -0.4 is 0 Å². The molecule has 1 unspecified atom stereocenters. The van der Waals surface area contributed by atoms with E-state index in [1.54, 1.807) is 0 Å². The molecule has 0 radical (unpaired) electrons. The molecule has 0 spiro atoms. The third-order valence-electron chi connectivity index (χ3n) is 3.38. The van der Waals surface area contributed by atoms with Gasteiger partial charge in [-0.05, 0) is 0 Å². The zero-order chi connectivity index (χ0) is 29.1. The van der Waals surface area contributed by atoms with E-state index in [-0.39, 0.29) is 0 Å². The predicted molar refractivity (Wildman–Crippen MR) is 78.2 cm³/mol. The van der Waals surface area contributed by atoms with Gasteiger partial charge in [0.25, 0.3) is 12.2 Å². The van der Waals surface area contributed by atoms with Gasteiger partial charge in [0.2, 0.25) is 0 Å². The molecule has 0 amide bonds. The van der Waals surface area contributed by atoms with Crippen LogP contribution in [0.2, 0.25) is 0 Å². The van der Waals surface area contributed by atoms with Gasteiger partial charge < -0.3 is 14.2 Å². The lowest BCUT2D eigenvalue weighted by atomic mass is 9.96. The molecule has 6 nitrogen and oxygen atoms in total. The maximum atomic E-state index is 12.6. The third kappa shape index (κ3) is 10.8. The monoisotopic (exact) mass is 570 g/mol. The van der Waals surface area contributed by atoms with E-state index < -0.39 is 85.5 Å². The van der Waals surface area contributed by atoms with Gasteiger partial charge in [0.1, 0.15) is 0 Å². The van der Waals surface area contributed by atoms with Crippen molar-refractivity contribution in [2.45, 2.75) is 49.5 Å². The summed E-state index contributed by atoms with van der Waals surface area (Å²) in [6.45, 7) is -0.0243. The van der Waals surface area contributed by atoms with E-state index in [1.165, 1.54) is 0 Å². The van der Waals surface area contributed by atoms with Gasteiger partial charge in [-0.15, -0.1) is 0 Å². The molecule has 0 N–H and O–H groups in total. The average molecular weight is 570 g/mol. The molecular weight excluding hydrogens is 561 g/mol. The van der Waals surface area contributed by atoms with Gasteiger partial charge >= 0.3 is 48.8 Å². The van der Waals surface area contributed by atoms with Crippen molar-refractivity contribution in [1.29, 1.82) is 0 Å². The summed E-state index contributed by atoms with van der Waals surface area (Å²) in [6, 6.07) is 0. The smallest absolute Gasteiger partial charge is 0.434 e. The maximum Gasteiger partial charge on any atom is 0.434 e. The molecule has 0 aromatic heterocycles. The van der Waals surface area contributed by atoms with Gasteiger partial charge in [0, 0.05) is 5.57 Å². The summed E-state index contributed by atoms with van der Waals surface area (Å²) >= 11 is 0. The first-order chi connectivity index (χ1) is 15.7. The first-order valence-electron chi connectivity index (χ1n) is 8.27. The molecule has 0 aromatic rings. The molecule has 0 rings (SSSR count). The molecule has 0 aliphatic heterocycles. The first kappa shape index (κ1) is 33.1. The fourth-order valence-electron chi connectivity index (χ4n) is 1.91. The predicted octanol–water partition coefficient (Wildman–Crippen LogP) is 4.73. The largest absolute Gasteiger partial charge is 0.453 e. The Morgan fingerprint density at radius 3 is 1.33 bits per heavy atom. The molecule has 0 bridgehead atoms. The number of esters is 3. The molecule has 0 saturated carbocycles. The highest BCUT2D eigenvalue weighted by atomic mass is 19.4. The van der Waals surface area contributed by atoms with Gasteiger partial charge in [0.05, 0.1) is 12.3 Å². The van der Waals surface area contributed by atoms with Crippen LogP contribution in [0.15, 0.2) is 12.2 Å². The molecule has 210 valence electrons. The minimum atomic E-state index is -6.44. The van der Waals surface area contributed by atoms with Crippen LogP contribution in [0.1, 0.15) is 6.42 Å². The van der Waals surface area contributed by atoms with Crippen molar-refractivity contribution >= 4 is 17.9 Å². The minimum absolute atomic E-state index is 1.90. The maximum absolute atomic E-state index is 12.6. The number of carbonyl (C=O) groups excluding carboxylic acids is 3. The normalized spacial score (nSPS) is 14.5. The van der Waals surface area contributed by atoms with Crippen LogP contribution in [-0.2, 0) is 28.6 Å². The zero-order valence-electron chi connectivity index (χ0n) is 16.5. The highest BCUT2D eigenvalue weighted by molar-refractivity contribution is 5.96. The second kappa shape index (κ2) is 11.0. The Morgan fingerprint density at radius 2 is 1.00 bits per heavy atom. The van der Waals surface area contributed by atoms with Crippen molar-refractivity contribution in [3.63, 3.8) is 0 Å². The number of rotatable bonds is 8. The molecule has 0 fully saturated rings. The first-order valence-corrected chi connectivity index (χ1v) is 8.27. The van der Waals surface area contributed by atoms with Crippen LogP contribution in [0.25, 0.3) is 0 Å². The molecule has 36 heavy (non-hydrogen) atoms. The second-order valence-electron chi connectivity index (χ2n) is 6.33. The molecule has 1 atom stereocenters. The number of alkyl halides is 15. The molecule has 0 aromatic carbocycles. The van der Waals surface area contributed by atoms with Crippen LogP contribution in [0, 0.1) is 5.92 Å². The molecule has 0 heterocycles. The minimum Gasteiger partial charge on any atom is -0.453 e. The number of hydrogen-bond donors (Lipinski definition) is 0. The van der Waals surface area contributed by atoms with E-state index in [9.17, 15) is 80.2 Å². The molecule has 0 saturated heterocycles. The highest BCUT2D eigenvalue weighted by Crippen LogP contribution is 2.38. The zero-order valence-corrected chi connectivity index (χ0v) is 16.5. The molecule has 0 aliphatic carbocycles. The number of hydrogen-bond acceptors (Lipinski definition) is 6. The van der Waals surface area contributed by atoms with Crippen LogP contribution in [-0.4, -0.2) is 67.6 Å². The summed E-state index contributed by atoms with van der Waals surface area (Å²) in [7, 11) is 0. The van der Waals surface area contributed by atoms with E-state index in [0.29, 0.717) is 0 Å². The van der Waals surface area contributed by atoms with Crippen molar-refractivity contribution in [1.82, 2.24) is 0 Å². The summed E-state index contributed by atoms with van der Waals surface area (Å²) in [4.78, 5) is 34.9. The van der Waals surface area contributed by atoms with Crippen molar-refractivity contribution < 1.29 is 94.5 Å². The van der Waals surface area contributed by atoms with Crippen molar-refractivity contribution in [3.05, 3.63) is 12.2 Å². The fourth-order valence-corrected chi connectivity index (χ4v) is 1.91. The Bertz CT molecular complexity index is 790. The Morgan fingerprint density at radius 1 is 0.639 bits per heavy atom. The second-order valence-corrected chi connectivity index (χ2v) is 6.33. The van der Waals surface area contributed by atoms with E-state index in [2.05, 4.69) is 20.8 Å². The molecule has 0 aliphatic rings. The van der Waals surface area contributed by atoms with Crippen LogP contribution in [0.4, 0.5) is 65.9 Å². The van der Waals surface area contributed by atoms with Crippen LogP contribution >= 0.6 is 0 Å². The third-order valence-corrected chi connectivity index (χ3v) is 3.38. The van der Waals surface area contributed by atoms with Crippen molar-refractivity contribution in [3.8, 4) is 0 Å². The van der Waals surface area contributed by atoms with Gasteiger partial charge in [-0.3, -0.25) is 9.59 Å². The standard InChI is InChI=1S/C15H9F15O6/c1-4(7(32)34-3-11(16,17)18)5(8(33)36-10(14(25,26)27)15(28,29)30)2-6(31)35-9(12(19,20)21)13(22,23)24/h5,9-10H,1-3H2. The quantitative estimate of drug-likeness (QED) is 0.182. The Kier molecular flexibility index (Phi) is 10.1. The van der Waals surface area contributed by atoms with Crippen LogP contribution in [0.3, 0.4) is 0 Å². The lowest BCUT2D eigenvalue weighted by Gasteiger charge is -2.26. The summed E-state index contributed by atoms with van der Waals surface area (Å²) in [5.41, 5.74) is -1.90. The van der Waals surface area contributed by atoms with Gasteiger partial charge in [-0.1, -0.05) is 6.58 Å². The Hall–Kier alpha value is -2.90. The average Bonchev–Trinajstić information content (AvgIpc) is 2.61. The van der Waals surface area contributed by atoms with Gasteiger partial charge in [-0.25, -0.2) is 4.79 Å². The molecular formula is C15H9F15O6. The van der Waals surface area contributed by atoms with E-state index in [4.69, 9.17) is 0 Å². The lowest BCUT2D eigenvalue weighted by Crippen LogP contribution is -2.47. The lowest BCUT2D eigenvalue weighted by molar-refractivity contribution is -0.316. The summed E-state index contributed by atoms with van der Waals surface area (Å²) in [5.74, 6) is -11.5. The van der Waals surface area contributed by atoms with E-state index >= 15 is 0 Å². The van der Waals surface area contributed by atoms with E-state index in [0.717, 1.165) is 0 Å². The Balaban J connectivity index is 6.12. The van der Waals surface area contributed by atoms with Crippen molar-refractivity contribution in [2.24, 2.45) is 5.92 Å². The number of carbonyl (C=O) groups is 3. The molecule has 21 heteroatoms. The fraction of sp³-hybridized carbons (Fsp3) is 0.667. The van der Waals surface area contributed by atoms with Gasteiger partial charge in [-0.2, -0.15) is 65.9 Å². The van der Waals surface area contributed by atoms with Crippen LogP contribution in [0.5, 0.6) is 0 Å². The topological polar surface area (TPSA) is 78.9 Å². The summed E-state index contributed by atoms with van der Waals surface area (Å²) in [6.07, 6.45) is -43.2. The SMILES string of the molecule is C=C(C(=O)OCC(F)(F)F)C(CC(=O)OC(C(F)(F)F)C(F)(F)F)C(=O)OC(C(F)(F)F)C(F)(F)F. The highest BCUT2D eigenvalue weighted by Gasteiger charge is 2.61. The summed E-state index contributed by atoms with van der Waals surface area (Å²) in [5, 5.41) is 0. The van der Waals surface area contributed by atoms with Gasteiger partial charge in [0.15, 0.2) is 6.61 Å². The summed E-state index contributed by atoms with van der Waals surface area (Å²) < 4.78 is 196. The van der Waals surface area contributed by atoms with Crippen molar-refractivity contribution in [2.75, 3.05) is 6.61 Å². The number of halogens is 15. The van der Waals surface area contributed by atoms with E-state index in [1.807, 2.05) is 0 Å². The number of ether oxygens (including phenoxy) is 3.